The molecule has 2 N–H and O–H groups in total. The Morgan fingerprint density at radius 1 is 1.04 bits per heavy atom. The molecule has 2 atom stereocenters. The first-order chi connectivity index (χ1) is 11.3. The van der Waals surface area contributed by atoms with Crippen LogP contribution in [0.5, 0.6) is 0 Å². The molecule has 0 amide bonds. The molecule has 5 nitrogen and oxygen atoms in total. The first-order valence-corrected chi connectivity index (χ1v) is 8.69. The molecule has 1 fully saturated rings. The fourth-order valence-corrected chi connectivity index (χ4v) is 3.45. The van der Waals surface area contributed by atoms with Gasteiger partial charge in [0.1, 0.15) is 11.4 Å². The van der Waals surface area contributed by atoms with Crippen LogP contribution in [0.4, 0.5) is 8.78 Å². The highest BCUT2D eigenvalue weighted by Crippen LogP contribution is 2.67. The second kappa shape index (κ2) is 4.84. The van der Waals surface area contributed by atoms with Gasteiger partial charge in [-0.3, -0.25) is 0 Å². The van der Waals surface area contributed by atoms with Gasteiger partial charge in [0.25, 0.3) is 5.92 Å². The van der Waals surface area contributed by atoms with Crippen LogP contribution >= 0.6 is 0 Å². The lowest BCUT2D eigenvalue weighted by Crippen LogP contribution is -2.11. The monoisotopic (exact) mass is 350 g/mol. The Kier molecular flexibility index (Phi) is 3.07. The number of para-hydroxylation sites is 2. The number of aromatic nitrogens is 1. The smallest absolute Gasteiger partial charge is 0.268 e. The maximum absolute atomic E-state index is 14.3. The molecule has 0 aliphatic heterocycles. The van der Waals surface area contributed by atoms with Crippen LogP contribution in [0.2, 0.25) is 0 Å². The average molecular weight is 350 g/mol. The summed E-state index contributed by atoms with van der Waals surface area (Å²) in [6.45, 7) is 0. The molecule has 0 radical (unpaired) electrons. The minimum absolute atomic E-state index is 0.0123. The third kappa shape index (κ3) is 2.30. The molecule has 0 bridgehead atoms. The Labute approximate surface area is 136 Å². The van der Waals surface area contributed by atoms with E-state index in [0.717, 1.165) is 0 Å². The molecule has 1 aromatic heterocycles. The van der Waals surface area contributed by atoms with Gasteiger partial charge in [0.15, 0.2) is 5.58 Å². The average Bonchev–Trinajstić information content (AvgIpc) is 2.90. The number of nitrogens with zero attached hydrogens (tertiary/aromatic N) is 1. The van der Waals surface area contributed by atoms with Gasteiger partial charge in [0, 0.05) is 0 Å². The molecule has 0 saturated heterocycles. The van der Waals surface area contributed by atoms with E-state index < -0.39 is 27.8 Å². The van der Waals surface area contributed by atoms with Gasteiger partial charge in [0.05, 0.1) is 10.8 Å². The van der Waals surface area contributed by atoms with Crippen LogP contribution in [-0.2, 0) is 10.0 Å². The van der Waals surface area contributed by atoms with E-state index in [0.29, 0.717) is 16.7 Å². The number of hydrogen-bond acceptors (Lipinski definition) is 4. The molecular formula is C16H12F2N2O3S. The van der Waals surface area contributed by atoms with E-state index in [-0.39, 0.29) is 10.8 Å². The Hall–Kier alpha value is -2.32. The molecule has 4 rings (SSSR count). The van der Waals surface area contributed by atoms with Crippen LogP contribution in [0, 0.1) is 0 Å². The standard InChI is InChI=1S/C16H12F2N2O3S/c17-16(18)13(9-5-7-10(8-6-9)24(19,21)22)14(16)15-20-11-3-1-2-4-12(11)23-15/h1-8,13-14H,(H2,19,21,22). The van der Waals surface area contributed by atoms with Crippen molar-refractivity contribution in [3.63, 3.8) is 0 Å². The van der Waals surface area contributed by atoms with Crippen molar-refractivity contribution in [3.05, 3.63) is 60.0 Å². The summed E-state index contributed by atoms with van der Waals surface area (Å²) in [5, 5.41) is 5.01. The molecular weight excluding hydrogens is 338 g/mol. The van der Waals surface area contributed by atoms with Gasteiger partial charge in [-0.2, -0.15) is 0 Å². The zero-order valence-electron chi connectivity index (χ0n) is 12.2. The summed E-state index contributed by atoms with van der Waals surface area (Å²) < 4.78 is 56.4. The van der Waals surface area contributed by atoms with Gasteiger partial charge in [0.2, 0.25) is 15.9 Å². The van der Waals surface area contributed by atoms with E-state index in [9.17, 15) is 17.2 Å². The number of alkyl halides is 2. The molecule has 2 unspecified atom stereocenters. The van der Waals surface area contributed by atoms with Crippen LogP contribution in [0.1, 0.15) is 23.3 Å². The fraction of sp³-hybridized carbons (Fsp3) is 0.188. The number of primary sulfonamides is 1. The summed E-state index contributed by atoms with van der Waals surface area (Å²) in [6.07, 6.45) is 0. The Morgan fingerprint density at radius 3 is 2.33 bits per heavy atom. The molecule has 3 aromatic rings. The van der Waals surface area contributed by atoms with Crippen LogP contribution in [0.3, 0.4) is 0 Å². The van der Waals surface area contributed by atoms with Gasteiger partial charge in [-0.05, 0) is 29.8 Å². The minimum Gasteiger partial charge on any atom is -0.440 e. The summed E-state index contributed by atoms with van der Waals surface area (Å²) in [5.41, 5.74) is 1.30. The summed E-state index contributed by atoms with van der Waals surface area (Å²) in [6, 6.07) is 12.0. The molecule has 124 valence electrons. The van der Waals surface area contributed by atoms with E-state index >= 15 is 0 Å². The number of sulfonamides is 1. The predicted molar refractivity (Wildman–Crippen MR) is 82.3 cm³/mol. The summed E-state index contributed by atoms with van der Waals surface area (Å²) in [7, 11) is -3.86. The van der Waals surface area contributed by atoms with E-state index in [1.54, 1.807) is 24.3 Å². The molecule has 1 heterocycles. The van der Waals surface area contributed by atoms with Crippen molar-refractivity contribution in [2.75, 3.05) is 0 Å². The zero-order chi connectivity index (χ0) is 17.1. The maximum Gasteiger partial charge on any atom is 0.268 e. The number of nitrogens with two attached hydrogens (primary N) is 1. The number of halogens is 2. The van der Waals surface area contributed by atoms with E-state index in [1.807, 2.05) is 0 Å². The molecule has 0 spiro atoms. The second-order valence-electron chi connectivity index (χ2n) is 5.76. The number of fused-ring (bicyclic) bond motifs is 1. The predicted octanol–water partition coefficient (Wildman–Crippen LogP) is 2.99. The van der Waals surface area contributed by atoms with Crippen molar-refractivity contribution in [2.24, 2.45) is 5.14 Å². The highest BCUT2D eigenvalue weighted by atomic mass is 32.2. The topological polar surface area (TPSA) is 86.2 Å². The SMILES string of the molecule is NS(=O)(=O)c1ccc(C2C(c3nc4ccccc4o3)C2(F)F)cc1. The van der Waals surface area contributed by atoms with Crippen molar-refractivity contribution in [3.8, 4) is 0 Å². The normalized spacial score (nSPS) is 22.6. The summed E-state index contributed by atoms with van der Waals surface area (Å²) in [5.74, 6) is -5.27. The lowest BCUT2D eigenvalue weighted by atomic mass is 10.1. The van der Waals surface area contributed by atoms with Gasteiger partial charge in [-0.25, -0.2) is 27.3 Å². The van der Waals surface area contributed by atoms with Gasteiger partial charge in [-0.1, -0.05) is 24.3 Å². The lowest BCUT2D eigenvalue weighted by molar-refractivity contribution is 0.101. The maximum atomic E-state index is 14.3. The largest absolute Gasteiger partial charge is 0.440 e. The summed E-state index contributed by atoms with van der Waals surface area (Å²) in [4.78, 5) is 4.02. The molecule has 8 heteroatoms. The molecule has 2 aromatic carbocycles. The molecule has 1 aliphatic rings. The quantitative estimate of drug-likeness (QED) is 0.787. The van der Waals surface area contributed by atoms with Crippen LogP contribution in [0.15, 0.2) is 57.8 Å². The van der Waals surface area contributed by atoms with Gasteiger partial charge in [-0.15, -0.1) is 0 Å². The van der Waals surface area contributed by atoms with Crippen molar-refractivity contribution < 1.29 is 21.6 Å². The zero-order valence-corrected chi connectivity index (χ0v) is 13.0. The Bertz CT molecular complexity index is 996. The summed E-state index contributed by atoms with van der Waals surface area (Å²) >= 11 is 0. The fourth-order valence-electron chi connectivity index (χ4n) is 2.94. The highest BCUT2D eigenvalue weighted by molar-refractivity contribution is 7.89. The van der Waals surface area contributed by atoms with Crippen molar-refractivity contribution in [1.29, 1.82) is 0 Å². The first-order valence-electron chi connectivity index (χ1n) is 7.14. The van der Waals surface area contributed by atoms with Crippen LogP contribution in [0.25, 0.3) is 11.1 Å². The Morgan fingerprint density at radius 2 is 1.71 bits per heavy atom. The third-order valence-corrected chi connectivity index (χ3v) is 5.13. The third-order valence-electron chi connectivity index (χ3n) is 4.20. The van der Waals surface area contributed by atoms with Crippen molar-refractivity contribution in [1.82, 2.24) is 4.98 Å². The number of hydrogen-bond donors (Lipinski definition) is 1. The van der Waals surface area contributed by atoms with Gasteiger partial charge < -0.3 is 4.42 Å². The highest BCUT2D eigenvalue weighted by Gasteiger charge is 2.71. The second-order valence-corrected chi connectivity index (χ2v) is 7.33. The van der Waals surface area contributed by atoms with Crippen LogP contribution < -0.4 is 5.14 Å². The van der Waals surface area contributed by atoms with Crippen molar-refractivity contribution in [2.45, 2.75) is 22.7 Å². The lowest BCUT2D eigenvalue weighted by Gasteiger charge is -2.01. The van der Waals surface area contributed by atoms with E-state index in [2.05, 4.69) is 4.98 Å². The van der Waals surface area contributed by atoms with E-state index in [1.165, 1.54) is 24.3 Å². The first kappa shape index (κ1) is 15.2. The Balaban J connectivity index is 1.69. The number of oxazole rings is 1. The number of rotatable bonds is 3. The minimum atomic E-state index is -3.86. The molecule has 1 aliphatic carbocycles. The van der Waals surface area contributed by atoms with E-state index in [4.69, 9.17) is 9.56 Å². The van der Waals surface area contributed by atoms with Crippen molar-refractivity contribution >= 4 is 21.1 Å². The molecule has 1 saturated carbocycles. The van der Waals surface area contributed by atoms with Gasteiger partial charge >= 0.3 is 0 Å². The number of benzene rings is 2. The molecule has 24 heavy (non-hydrogen) atoms. The van der Waals surface area contributed by atoms with Crippen LogP contribution in [-0.4, -0.2) is 19.3 Å².